The van der Waals surface area contributed by atoms with Gasteiger partial charge in [-0.15, -0.1) is 0 Å². The van der Waals surface area contributed by atoms with Gasteiger partial charge in [0.05, 0.1) is 22.7 Å². The van der Waals surface area contributed by atoms with Crippen molar-refractivity contribution in [3.63, 3.8) is 0 Å². The van der Waals surface area contributed by atoms with E-state index in [2.05, 4.69) is 20.5 Å². The minimum Gasteiger partial charge on any atom is -0.476 e. The second-order valence-corrected chi connectivity index (χ2v) is 11.8. The molecular formula is C28H34ClF3N4O4. The van der Waals surface area contributed by atoms with E-state index < -0.39 is 35.9 Å². The van der Waals surface area contributed by atoms with Crippen molar-refractivity contribution < 1.29 is 32.6 Å². The molecule has 2 fully saturated rings. The number of alkyl halides is 2. The lowest BCUT2D eigenvalue weighted by molar-refractivity contribution is -0.135. The molecule has 0 aliphatic carbocycles. The highest BCUT2D eigenvalue weighted by atomic mass is 35.5. The van der Waals surface area contributed by atoms with Gasteiger partial charge in [0.15, 0.2) is 5.60 Å². The Labute approximate surface area is 236 Å². The van der Waals surface area contributed by atoms with Gasteiger partial charge < -0.3 is 25.4 Å². The zero-order valence-corrected chi connectivity index (χ0v) is 23.6. The number of pyridine rings is 1. The Balaban J connectivity index is 1.39. The summed E-state index contributed by atoms with van der Waals surface area (Å²) >= 11 is 6.19. The summed E-state index contributed by atoms with van der Waals surface area (Å²) in [4.78, 5) is 31.9. The number of piperidine rings is 1. The number of hydrogen-bond acceptors (Lipinski definition) is 6. The summed E-state index contributed by atoms with van der Waals surface area (Å²) in [5.41, 5.74) is -2.60. The maximum Gasteiger partial charge on any atom is 0.263 e. The zero-order valence-electron chi connectivity index (χ0n) is 22.8. The van der Waals surface area contributed by atoms with Crippen LogP contribution in [0.2, 0.25) is 5.02 Å². The quantitative estimate of drug-likeness (QED) is 0.400. The average Bonchev–Trinajstić information content (AvgIpc) is 3.13. The number of anilines is 1. The number of aliphatic hydroxyl groups is 1. The first-order chi connectivity index (χ1) is 18.7. The first-order valence-electron chi connectivity index (χ1n) is 13.2. The Kier molecular flexibility index (Phi) is 8.56. The number of fused-ring (bicyclic) bond motifs is 2. The van der Waals surface area contributed by atoms with Gasteiger partial charge in [0.25, 0.3) is 18.2 Å². The number of halogens is 4. The van der Waals surface area contributed by atoms with Gasteiger partial charge in [-0.3, -0.25) is 9.59 Å². The third-order valence-corrected chi connectivity index (χ3v) is 7.65. The van der Waals surface area contributed by atoms with Gasteiger partial charge in [-0.2, -0.15) is 0 Å². The van der Waals surface area contributed by atoms with E-state index in [1.807, 2.05) is 0 Å². The Morgan fingerprint density at radius 1 is 1.18 bits per heavy atom. The Hall–Kier alpha value is -3.05. The first-order valence-corrected chi connectivity index (χ1v) is 13.6. The molecule has 2 atom stereocenters. The highest BCUT2D eigenvalue weighted by Gasteiger charge is 2.43. The number of nitrogens with one attached hydrogen (secondary N) is 2. The van der Waals surface area contributed by atoms with Crippen LogP contribution in [0.3, 0.4) is 0 Å². The van der Waals surface area contributed by atoms with Crippen molar-refractivity contribution in [2.75, 3.05) is 11.4 Å². The molecule has 2 aromatic rings. The number of hydrogen-bond donors (Lipinski definition) is 3. The number of carbonyl (C=O) groups is 2. The number of carbonyl (C=O) groups excluding carboxylic acids is 2. The molecule has 3 N–H and O–H groups in total. The normalized spacial score (nSPS) is 20.9. The molecule has 218 valence electrons. The molecule has 3 heterocycles. The molecule has 0 saturated carbocycles. The molecule has 4 rings (SSSR count). The monoisotopic (exact) mass is 582 g/mol. The van der Waals surface area contributed by atoms with E-state index in [4.69, 9.17) is 16.3 Å². The van der Waals surface area contributed by atoms with Gasteiger partial charge in [-0.05, 0) is 77.6 Å². The highest BCUT2D eigenvalue weighted by molar-refractivity contribution is 6.32. The van der Waals surface area contributed by atoms with Crippen LogP contribution in [-0.4, -0.2) is 58.6 Å². The topological polar surface area (TPSA) is 104 Å². The van der Waals surface area contributed by atoms with Crippen LogP contribution in [0.5, 0.6) is 5.75 Å². The van der Waals surface area contributed by atoms with E-state index >= 15 is 0 Å². The number of benzene rings is 1. The van der Waals surface area contributed by atoms with Crippen molar-refractivity contribution in [2.24, 2.45) is 0 Å². The zero-order chi connectivity index (χ0) is 29.4. The molecule has 2 amide bonds. The van der Waals surface area contributed by atoms with Crippen LogP contribution in [-0.2, 0) is 10.4 Å². The Morgan fingerprint density at radius 3 is 2.38 bits per heavy atom. The molecule has 8 nitrogen and oxygen atoms in total. The van der Waals surface area contributed by atoms with Crippen LogP contribution < -0.4 is 20.3 Å². The number of rotatable bonds is 9. The van der Waals surface area contributed by atoms with Crippen LogP contribution in [0.4, 0.5) is 19.0 Å². The minimum atomic E-state index is -2.63. The summed E-state index contributed by atoms with van der Waals surface area (Å²) in [6, 6.07) is 5.79. The predicted molar refractivity (Wildman–Crippen MR) is 144 cm³/mol. The third-order valence-electron chi connectivity index (χ3n) is 7.35. The van der Waals surface area contributed by atoms with Crippen molar-refractivity contribution in [3.8, 4) is 5.75 Å². The predicted octanol–water partition coefficient (Wildman–Crippen LogP) is 4.57. The summed E-state index contributed by atoms with van der Waals surface area (Å²) in [5.74, 6) is -0.847. The summed E-state index contributed by atoms with van der Waals surface area (Å²) in [5, 5.41) is 15.5. The van der Waals surface area contributed by atoms with Crippen molar-refractivity contribution >= 4 is 29.2 Å². The highest BCUT2D eigenvalue weighted by Crippen LogP contribution is 2.39. The molecule has 0 spiro atoms. The number of amides is 2. The largest absolute Gasteiger partial charge is 0.476 e. The van der Waals surface area contributed by atoms with E-state index in [0.29, 0.717) is 18.7 Å². The van der Waals surface area contributed by atoms with Gasteiger partial charge in [0.2, 0.25) is 0 Å². The summed E-state index contributed by atoms with van der Waals surface area (Å²) < 4.78 is 45.0. The lowest BCUT2D eigenvalue weighted by Gasteiger charge is -2.41. The van der Waals surface area contributed by atoms with Gasteiger partial charge in [-0.1, -0.05) is 11.6 Å². The second-order valence-electron chi connectivity index (χ2n) is 11.4. The smallest absolute Gasteiger partial charge is 0.263 e. The first kappa shape index (κ1) is 29.9. The lowest BCUT2D eigenvalue weighted by atomic mass is 9.95. The van der Waals surface area contributed by atoms with E-state index in [1.165, 1.54) is 26.1 Å². The molecule has 1 aromatic carbocycles. The van der Waals surface area contributed by atoms with Crippen LogP contribution in [0.15, 0.2) is 30.5 Å². The second kappa shape index (κ2) is 11.4. The fraction of sp³-hybridized carbons (Fsp3) is 0.536. The molecule has 1 aromatic heterocycles. The van der Waals surface area contributed by atoms with Gasteiger partial charge in [-0.25, -0.2) is 18.2 Å². The molecule has 2 aliphatic rings. The summed E-state index contributed by atoms with van der Waals surface area (Å²) in [6.07, 6.45) is 1.94. The maximum atomic E-state index is 14.3. The van der Waals surface area contributed by atoms with Crippen molar-refractivity contribution in [1.82, 2.24) is 15.6 Å². The molecule has 2 aliphatic heterocycles. The number of nitrogens with zero attached hydrogens (tertiary/aromatic N) is 2. The molecule has 2 bridgehead atoms. The van der Waals surface area contributed by atoms with E-state index in [-0.39, 0.29) is 45.9 Å². The minimum absolute atomic E-state index is 0.00230. The van der Waals surface area contributed by atoms with Crippen molar-refractivity contribution in [1.29, 1.82) is 0 Å². The van der Waals surface area contributed by atoms with Crippen LogP contribution in [0, 0.1) is 5.82 Å². The molecule has 0 radical (unpaired) electrons. The van der Waals surface area contributed by atoms with E-state index in [9.17, 15) is 27.9 Å². The maximum absolute atomic E-state index is 14.3. The molecular weight excluding hydrogens is 549 g/mol. The summed E-state index contributed by atoms with van der Waals surface area (Å²) in [6.45, 7) is 5.36. The standard InChI is InChI=1S/C28H34ClF3N4O4/c1-27(2,39)19-11-22(20(29)12-21(19)30)40-28(3,4)26(38)35-16-9-17-6-7-18(10-16)36(17)24-8-5-15(13-33-24)25(37)34-14-23(31)32/h5,8,11-13,16-18,23,39H,6-7,9-10,14H2,1-4H3,(H,34,37)(H,35,38). The average molecular weight is 583 g/mol. The van der Waals surface area contributed by atoms with Crippen LogP contribution in [0.25, 0.3) is 0 Å². The van der Waals surface area contributed by atoms with E-state index in [1.54, 1.807) is 26.0 Å². The van der Waals surface area contributed by atoms with Gasteiger partial charge in [0, 0.05) is 29.9 Å². The Morgan fingerprint density at radius 2 is 1.82 bits per heavy atom. The molecule has 12 heteroatoms. The molecule has 2 unspecified atom stereocenters. The fourth-order valence-corrected chi connectivity index (χ4v) is 5.56. The number of ether oxygens (including phenoxy) is 1. The van der Waals surface area contributed by atoms with Crippen molar-refractivity contribution in [2.45, 2.75) is 89.1 Å². The van der Waals surface area contributed by atoms with Gasteiger partial charge in [0.1, 0.15) is 17.4 Å². The lowest BCUT2D eigenvalue weighted by Crippen LogP contribution is -2.55. The Bertz CT molecular complexity index is 1240. The third kappa shape index (κ3) is 6.63. The van der Waals surface area contributed by atoms with Gasteiger partial charge >= 0.3 is 0 Å². The van der Waals surface area contributed by atoms with Crippen molar-refractivity contribution in [3.05, 3.63) is 52.4 Å². The van der Waals surface area contributed by atoms with Crippen LogP contribution >= 0.6 is 11.6 Å². The number of aromatic nitrogens is 1. The fourth-order valence-electron chi connectivity index (χ4n) is 5.37. The van der Waals surface area contributed by atoms with E-state index in [0.717, 1.165) is 18.9 Å². The SMILES string of the molecule is CC(C)(Oc1cc(C(C)(C)O)c(F)cc1Cl)C(=O)NC1CC2CCC(C1)N2c1ccc(C(=O)NCC(F)F)cn1. The summed E-state index contributed by atoms with van der Waals surface area (Å²) in [7, 11) is 0. The molecule has 2 saturated heterocycles. The van der Waals surface area contributed by atoms with Crippen LogP contribution in [0.1, 0.15) is 69.3 Å². The molecule has 40 heavy (non-hydrogen) atoms.